The molecule has 0 saturated heterocycles. The van der Waals surface area contributed by atoms with E-state index in [0.29, 0.717) is 108 Å². The lowest BCUT2D eigenvalue weighted by Crippen LogP contribution is -2.12. The zero-order valence-corrected chi connectivity index (χ0v) is 54.8. The SMILES string of the molecule is CCCCCCCOc1cc(C(=O)Oc2ccc(N=Cc3ccc(C=Nc4ccc(OC(=O)c5cc(OCCCCCCC)c(OCCCCCCC)c(OCCCCCCC)c5)cc4)cc3)cc2)cc(OCCCCCCC)c1OCCCCCCC. The summed E-state index contributed by atoms with van der Waals surface area (Å²) in [5, 5.41) is 0. The molecule has 0 unspecified atom stereocenters. The van der Waals surface area contributed by atoms with Crippen LogP contribution in [0.25, 0.3) is 0 Å². The van der Waals surface area contributed by atoms with E-state index in [-0.39, 0.29) is 0 Å². The van der Waals surface area contributed by atoms with Crippen LogP contribution in [0.3, 0.4) is 0 Å². The molecule has 0 saturated carbocycles. The van der Waals surface area contributed by atoms with Crippen molar-refractivity contribution in [1.82, 2.24) is 0 Å². The van der Waals surface area contributed by atoms with Gasteiger partial charge in [-0.3, -0.25) is 9.98 Å². The van der Waals surface area contributed by atoms with Gasteiger partial charge in [0.2, 0.25) is 11.5 Å². The Balaban J connectivity index is 1.20. The summed E-state index contributed by atoms with van der Waals surface area (Å²) in [4.78, 5) is 37.1. The fraction of sp³-hybridized carbons (Fsp3) is 0.553. The lowest BCUT2D eigenvalue weighted by atomic mass is 10.1. The van der Waals surface area contributed by atoms with Crippen LogP contribution in [0.5, 0.6) is 46.0 Å². The van der Waals surface area contributed by atoms with Gasteiger partial charge >= 0.3 is 11.9 Å². The fourth-order valence-electron chi connectivity index (χ4n) is 9.91. The minimum Gasteiger partial charge on any atom is -0.490 e. The van der Waals surface area contributed by atoms with E-state index in [4.69, 9.17) is 37.9 Å². The second kappa shape index (κ2) is 45.4. The van der Waals surface area contributed by atoms with Crippen molar-refractivity contribution in [3.8, 4) is 46.0 Å². The Morgan fingerprint density at radius 3 is 0.795 bits per heavy atom. The van der Waals surface area contributed by atoms with Crippen molar-refractivity contribution in [2.24, 2.45) is 9.98 Å². The van der Waals surface area contributed by atoms with Gasteiger partial charge < -0.3 is 37.9 Å². The highest BCUT2D eigenvalue weighted by molar-refractivity contribution is 5.94. The summed E-state index contributed by atoms with van der Waals surface area (Å²) in [6.07, 6.45) is 36.9. The van der Waals surface area contributed by atoms with Crippen LogP contribution >= 0.6 is 0 Å². The van der Waals surface area contributed by atoms with Crippen LogP contribution in [-0.4, -0.2) is 64.0 Å². The molecule has 0 spiro atoms. The number of rotatable bonds is 50. The average molecular weight is 1210 g/mol. The van der Waals surface area contributed by atoms with Crippen LogP contribution < -0.4 is 37.9 Å². The van der Waals surface area contributed by atoms with Crippen molar-refractivity contribution >= 4 is 35.7 Å². The molecule has 482 valence electrons. The van der Waals surface area contributed by atoms with E-state index in [9.17, 15) is 9.59 Å². The third-order valence-corrected chi connectivity index (χ3v) is 15.3. The second-order valence-electron chi connectivity index (χ2n) is 23.1. The first-order chi connectivity index (χ1) is 43.3. The van der Waals surface area contributed by atoms with Gasteiger partial charge in [0.1, 0.15) is 11.5 Å². The standard InChI is InChI=1S/C76H108N2O10/c1-7-13-19-25-31-49-81-69-55-63(56-70(82-50-32-26-20-14-8-2)73(69)85-53-35-29-23-17-11-5)75(79)87-67-45-41-65(42-46-67)77-59-61-37-39-62(40-38-61)60-78-66-43-47-68(48-44-66)88-76(80)64-57-71(83-51-33-27-21-15-9-3)74(86-54-36-30-24-18-12-6)72(58-64)84-52-34-28-22-16-10-4/h37-48,55-60H,7-36,49-54H2,1-6H3. The van der Waals surface area contributed by atoms with Gasteiger partial charge in [0, 0.05) is 12.4 Å². The number of hydrogen-bond donors (Lipinski definition) is 0. The van der Waals surface area contributed by atoms with Crippen LogP contribution in [0.2, 0.25) is 0 Å². The molecular formula is C76H108N2O10. The Kier molecular flexibility index (Phi) is 37.1. The van der Waals surface area contributed by atoms with Crippen LogP contribution in [0.4, 0.5) is 11.4 Å². The largest absolute Gasteiger partial charge is 0.490 e. The molecule has 0 N–H and O–H groups in total. The predicted octanol–water partition coefficient (Wildman–Crippen LogP) is 21.7. The van der Waals surface area contributed by atoms with Gasteiger partial charge in [0.05, 0.1) is 62.1 Å². The number of carbonyl (C=O) groups is 2. The Morgan fingerprint density at radius 1 is 0.307 bits per heavy atom. The van der Waals surface area contributed by atoms with E-state index in [1.165, 1.54) is 116 Å². The van der Waals surface area contributed by atoms with E-state index in [0.717, 1.165) is 88.2 Å². The van der Waals surface area contributed by atoms with E-state index < -0.39 is 11.9 Å². The quantitative estimate of drug-likeness (QED) is 0.0160. The first kappa shape index (κ1) is 71.9. The summed E-state index contributed by atoms with van der Waals surface area (Å²) in [6, 6.07) is 29.1. The Morgan fingerprint density at radius 2 is 0.545 bits per heavy atom. The lowest BCUT2D eigenvalue weighted by Gasteiger charge is -2.19. The molecular weight excluding hydrogens is 1100 g/mol. The number of nitrogens with zero attached hydrogens (tertiary/aromatic N) is 2. The van der Waals surface area contributed by atoms with Crippen LogP contribution in [-0.2, 0) is 0 Å². The number of carbonyl (C=O) groups excluding carboxylic acids is 2. The van der Waals surface area contributed by atoms with Crippen molar-refractivity contribution in [2.75, 3.05) is 39.6 Å². The number of ether oxygens (including phenoxy) is 8. The van der Waals surface area contributed by atoms with E-state index in [2.05, 4.69) is 51.5 Å². The number of unbranched alkanes of at least 4 members (excludes halogenated alkanes) is 24. The third kappa shape index (κ3) is 29.0. The molecule has 0 aliphatic rings. The molecule has 12 heteroatoms. The van der Waals surface area contributed by atoms with Crippen molar-refractivity contribution in [3.63, 3.8) is 0 Å². The van der Waals surface area contributed by atoms with Crippen LogP contribution in [0, 0.1) is 0 Å². The van der Waals surface area contributed by atoms with Crippen molar-refractivity contribution in [2.45, 2.75) is 234 Å². The zero-order valence-electron chi connectivity index (χ0n) is 54.8. The maximum Gasteiger partial charge on any atom is 0.343 e. The Bertz CT molecular complexity index is 2460. The normalized spacial score (nSPS) is 11.3. The summed E-state index contributed by atoms with van der Waals surface area (Å²) in [6.45, 7) is 16.5. The first-order valence-corrected chi connectivity index (χ1v) is 34.2. The number of benzene rings is 5. The highest BCUT2D eigenvalue weighted by Gasteiger charge is 2.23. The van der Waals surface area contributed by atoms with Gasteiger partial charge in [0.25, 0.3) is 0 Å². The van der Waals surface area contributed by atoms with Gasteiger partial charge in [-0.1, -0.05) is 220 Å². The molecule has 0 aliphatic carbocycles. The van der Waals surface area contributed by atoms with Gasteiger partial charge in [-0.2, -0.15) is 0 Å². The van der Waals surface area contributed by atoms with Crippen molar-refractivity contribution < 1.29 is 47.5 Å². The molecule has 12 nitrogen and oxygen atoms in total. The van der Waals surface area contributed by atoms with E-state index in [1.54, 1.807) is 61.0 Å². The molecule has 0 heterocycles. The van der Waals surface area contributed by atoms with Gasteiger partial charge in [-0.15, -0.1) is 0 Å². The molecule has 88 heavy (non-hydrogen) atoms. The predicted molar refractivity (Wildman–Crippen MR) is 362 cm³/mol. The van der Waals surface area contributed by atoms with Gasteiger partial charge in [0.15, 0.2) is 23.0 Å². The van der Waals surface area contributed by atoms with E-state index in [1.807, 2.05) is 48.5 Å². The molecule has 0 aromatic heterocycles. The number of hydrogen-bond acceptors (Lipinski definition) is 12. The van der Waals surface area contributed by atoms with E-state index >= 15 is 0 Å². The Labute approximate surface area is 529 Å². The summed E-state index contributed by atoms with van der Waals surface area (Å²) in [7, 11) is 0. The van der Waals surface area contributed by atoms with Crippen LogP contribution in [0.1, 0.15) is 266 Å². The maximum atomic E-state index is 13.9. The fourth-order valence-corrected chi connectivity index (χ4v) is 9.91. The highest BCUT2D eigenvalue weighted by atomic mass is 16.6. The summed E-state index contributed by atoms with van der Waals surface area (Å²) in [5.41, 5.74) is 3.89. The summed E-state index contributed by atoms with van der Waals surface area (Å²) in [5.74, 6) is 2.93. The summed E-state index contributed by atoms with van der Waals surface area (Å²) >= 11 is 0. The molecule has 5 rings (SSSR count). The maximum absolute atomic E-state index is 13.9. The molecule has 0 bridgehead atoms. The first-order valence-electron chi connectivity index (χ1n) is 34.2. The number of esters is 2. The molecule has 5 aromatic carbocycles. The molecule has 5 aromatic rings. The lowest BCUT2D eigenvalue weighted by molar-refractivity contribution is 0.0724. The third-order valence-electron chi connectivity index (χ3n) is 15.3. The van der Waals surface area contributed by atoms with Gasteiger partial charge in [-0.25, -0.2) is 9.59 Å². The Hall–Kier alpha value is -6.82. The molecule has 0 radical (unpaired) electrons. The average Bonchev–Trinajstić information content (AvgIpc) is 3.74. The van der Waals surface area contributed by atoms with Gasteiger partial charge in [-0.05, 0) is 122 Å². The molecule has 0 aliphatic heterocycles. The highest BCUT2D eigenvalue weighted by Crippen LogP contribution is 2.42. The summed E-state index contributed by atoms with van der Waals surface area (Å²) < 4.78 is 50.3. The molecule has 0 atom stereocenters. The number of aliphatic imine (C=N–C) groups is 2. The topological polar surface area (TPSA) is 133 Å². The molecule has 0 amide bonds. The minimum absolute atomic E-state index is 0.336. The van der Waals surface area contributed by atoms with Crippen LogP contribution in [0.15, 0.2) is 107 Å². The smallest absolute Gasteiger partial charge is 0.343 e. The van der Waals surface area contributed by atoms with Crippen molar-refractivity contribution in [1.29, 1.82) is 0 Å². The second-order valence-corrected chi connectivity index (χ2v) is 23.1. The zero-order chi connectivity index (χ0) is 62.5. The van der Waals surface area contributed by atoms with Crippen molar-refractivity contribution in [3.05, 3.63) is 119 Å². The minimum atomic E-state index is -0.511. The monoisotopic (exact) mass is 1210 g/mol. The molecule has 0 fully saturated rings.